The summed E-state index contributed by atoms with van der Waals surface area (Å²) in [6.07, 6.45) is 7.30. The van der Waals surface area contributed by atoms with Gasteiger partial charge in [0.1, 0.15) is 0 Å². The molecule has 19 heavy (non-hydrogen) atoms. The van der Waals surface area contributed by atoms with Crippen molar-refractivity contribution in [3.05, 3.63) is 0 Å². The first-order valence-corrected chi connectivity index (χ1v) is 7.93. The van der Waals surface area contributed by atoms with Gasteiger partial charge in [-0.25, -0.2) is 0 Å². The molecule has 0 spiro atoms. The fourth-order valence-electron chi connectivity index (χ4n) is 3.17. The molecule has 0 atom stereocenters. The molecule has 0 aromatic carbocycles. The van der Waals surface area contributed by atoms with Gasteiger partial charge in [0.25, 0.3) is 0 Å². The third-order valence-corrected chi connectivity index (χ3v) is 4.63. The molecule has 1 aliphatic heterocycles. The second kappa shape index (κ2) is 7.85. The zero-order valence-electron chi connectivity index (χ0n) is 12.4. The van der Waals surface area contributed by atoms with Crippen molar-refractivity contribution in [3.63, 3.8) is 0 Å². The molecule has 1 saturated carbocycles. The lowest BCUT2D eigenvalue weighted by atomic mass is 10.0. The molecule has 0 unspecified atom stereocenters. The van der Waals surface area contributed by atoms with Crippen molar-refractivity contribution in [2.75, 3.05) is 46.3 Å². The highest BCUT2D eigenvalue weighted by atomic mass is 16.2. The maximum absolute atomic E-state index is 12.1. The van der Waals surface area contributed by atoms with E-state index in [1.54, 1.807) is 0 Å². The Morgan fingerprint density at radius 1 is 1.26 bits per heavy atom. The van der Waals surface area contributed by atoms with E-state index in [-0.39, 0.29) is 0 Å². The van der Waals surface area contributed by atoms with E-state index in [4.69, 9.17) is 0 Å². The van der Waals surface area contributed by atoms with E-state index in [1.807, 2.05) is 11.9 Å². The number of amides is 1. The number of carbonyl (C=O) groups is 1. The van der Waals surface area contributed by atoms with Crippen molar-refractivity contribution in [2.24, 2.45) is 5.92 Å². The van der Waals surface area contributed by atoms with Crippen LogP contribution in [0, 0.1) is 5.92 Å². The van der Waals surface area contributed by atoms with Crippen LogP contribution in [-0.2, 0) is 4.79 Å². The smallest absolute Gasteiger partial charge is 0.222 e. The van der Waals surface area contributed by atoms with Crippen molar-refractivity contribution in [3.8, 4) is 0 Å². The fraction of sp³-hybridized carbons (Fsp3) is 0.933. The number of rotatable bonds is 6. The first kappa shape index (κ1) is 14.8. The van der Waals surface area contributed by atoms with Crippen LogP contribution in [0.1, 0.15) is 38.5 Å². The number of piperazine rings is 1. The number of nitrogens with zero attached hydrogens (tertiary/aromatic N) is 2. The summed E-state index contributed by atoms with van der Waals surface area (Å²) in [5, 5.41) is 3.35. The summed E-state index contributed by atoms with van der Waals surface area (Å²) in [5.74, 6) is 1.16. The Morgan fingerprint density at radius 3 is 2.63 bits per heavy atom. The Labute approximate surface area is 117 Å². The third-order valence-electron chi connectivity index (χ3n) is 4.63. The van der Waals surface area contributed by atoms with Gasteiger partial charge in [0.15, 0.2) is 0 Å². The standard InChI is InChI=1S/C15H29N3O/c1-17(12-13-18-10-8-16-9-11-18)15(19)7-6-14-4-2-3-5-14/h14,16H,2-13H2,1H3. The van der Waals surface area contributed by atoms with Gasteiger partial charge in [-0.3, -0.25) is 9.69 Å². The van der Waals surface area contributed by atoms with Gasteiger partial charge in [0, 0.05) is 52.7 Å². The number of hydrogen-bond acceptors (Lipinski definition) is 3. The molecule has 2 fully saturated rings. The van der Waals surface area contributed by atoms with Gasteiger partial charge in [0.05, 0.1) is 0 Å². The highest BCUT2D eigenvalue weighted by molar-refractivity contribution is 5.75. The Kier molecular flexibility index (Phi) is 6.11. The molecule has 0 bridgehead atoms. The molecular weight excluding hydrogens is 238 g/mol. The largest absolute Gasteiger partial charge is 0.344 e. The second-order valence-corrected chi connectivity index (χ2v) is 6.10. The molecule has 1 heterocycles. The van der Waals surface area contributed by atoms with E-state index in [0.29, 0.717) is 5.91 Å². The first-order chi connectivity index (χ1) is 9.25. The van der Waals surface area contributed by atoms with Crippen LogP contribution in [0.2, 0.25) is 0 Å². The molecule has 1 N–H and O–H groups in total. The van der Waals surface area contributed by atoms with Crippen LogP contribution in [0.5, 0.6) is 0 Å². The van der Waals surface area contributed by atoms with E-state index < -0.39 is 0 Å². The molecule has 1 aliphatic carbocycles. The molecule has 0 radical (unpaired) electrons. The van der Waals surface area contributed by atoms with E-state index in [1.165, 1.54) is 25.7 Å². The van der Waals surface area contributed by atoms with Crippen LogP contribution in [-0.4, -0.2) is 62.0 Å². The monoisotopic (exact) mass is 267 g/mol. The van der Waals surface area contributed by atoms with Gasteiger partial charge < -0.3 is 10.2 Å². The van der Waals surface area contributed by atoms with Crippen molar-refractivity contribution in [2.45, 2.75) is 38.5 Å². The Hall–Kier alpha value is -0.610. The minimum atomic E-state index is 0.335. The number of hydrogen-bond donors (Lipinski definition) is 1. The lowest BCUT2D eigenvalue weighted by Crippen LogP contribution is -2.46. The van der Waals surface area contributed by atoms with Crippen LogP contribution in [0.15, 0.2) is 0 Å². The molecule has 1 amide bonds. The molecule has 4 nitrogen and oxygen atoms in total. The van der Waals surface area contributed by atoms with Crippen LogP contribution < -0.4 is 5.32 Å². The maximum atomic E-state index is 12.1. The maximum Gasteiger partial charge on any atom is 0.222 e. The average molecular weight is 267 g/mol. The van der Waals surface area contributed by atoms with Gasteiger partial charge in [-0.15, -0.1) is 0 Å². The van der Waals surface area contributed by atoms with E-state index in [9.17, 15) is 4.79 Å². The minimum absolute atomic E-state index is 0.335. The zero-order chi connectivity index (χ0) is 13.5. The van der Waals surface area contributed by atoms with Gasteiger partial charge in [-0.05, 0) is 12.3 Å². The fourth-order valence-corrected chi connectivity index (χ4v) is 3.17. The molecule has 0 aromatic rings. The van der Waals surface area contributed by atoms with E-state index in [2.05, 4.69) is 10.2 Å². The van der Waals surface area contributed by atoms with Gasteiger partial charge >= 0.3 is 0 Å². The van der Waals surface area contributed by atoms with Crippen LogP contribution in [0.3, 0.4) is 0 Å². The molecule has 1 saturated heterocycles. The Bertz CT molecular complexity index is 271. The quantitative estimate of drug-likeness (QED) is 0.788. The summed E-state index contributed by atoms with van der Waals surface area (Å²) < 4.78 is 0. The van der Waals surface area contributed by atoms with E-state index in [0.717, 1.165) is 58.0 Å². The van der Waals surface area contributed by atoms with Crippen LogP contribution in [0.25, 0.3) is 0 Å². The first-order valence-electron chi connectivity index (χ1n) is 7.93. The summed E-state index contributed by atoms with van der Waals surface area (Å²) in [7, 11) is 1.96. The molecule has 2 rings (SSSR count). The van der Waals surface area contributed by atoms with Crippen molar-refractivity contribution in [1.82, 2.24) is 15.1 Å². The molecule has 2 aliphatic rings. The molecule has 110 valence electrons. The highest BCUT2D eigenvalue weighted by Gasteiger charge is 2.18. The van der Waals surface area contributed by atoms with Crippen molar-refractivity contribution in [1.29, 1.82) is 0 Å². The number of carbonyl (C=O) groups excluding carboxylic acids is 1. The zero-order valence-corrected chi connectivity index (χ0v) is 12.4. The average Bonchev–Trinajstić information content (AvgIpc) is 2.96. The Morgan fingerprint density at radius 2 is 1.95 bits per heavy atom. The predicted octanol–water partition coefficient (Wildman–Crippen LogP) is 1.32. The van der Waals surface area contributed by atoms with Gasteiger partial charge in [-0.1, -0.05) is 25.7 Å². The predicted molar refractivity (Wildman–Crippen MR) is 78.1 cm³/mol. The minimum Gasteiger partial charge on any atom is -0.344 e. The molecule has 4 heteroatoms. The topological polar surface area (TPSA) is 35.6 Å². The van der Waals surface area contributed by atoms with Crippen LogP contribution >= 0.6 is 0 Å². The number of likely N-dealkylation sites (N-methyl/N-ethyl adjacent to an activating group) is 1. The van der Waals surface area contributed by atoms with Crippen LogP contribution in [0.4, 0.5) is 0 Å². The highest BCUT2D eigenvalue weighted by Crippen LogP contribution is 2.28. The number of nitrogens with one attached hydrogen (secondary N) is 1. The van der Waals surface area contributed by atoms with Crippen molar-refractivity contribution >= 4 is 5.91 Å². The summed E-state index contributed by atoms with van der Waals surface area (Å²) in [6.45, 7) is 6.30. The molecule has 0 aromatic heterocycles. The van der Waals surface area contributed by atoms with Gasteiger partial charge in [0.2, 0.25) is 5.91 Å². The lowest BCUT2D eigenvalue weighted by Gasteiger charge is -2.29. The third kappa shape index (κ3) is 5.11. The SMILES string of the molecule is CN(CCN1CCNCC1)C(=O)CCC1CCCC1. The second-order valence-electron chi connectivity index (χ2n) is 6.10. The van der Waals surface area contributed by atoms with Crippen molar-refractivity contribution < 1.29 is 4.79 Å². The van der Waals surface area contributed by atoms with Gasteiger partial charge in [-0.2, -0.15) is 0 Å². The van der Waals surface area contributed by atoms with E-state index >= 15 is 0 Å². The molecular formula is C15H29N3O. The summed E-state index contributed by atoms with van der Waals surface area (Å²) in [6, 6.07) is 0. The lowest BCUT2D eigenvalue weighted by molar-refractivity contribution is -0.130. The summed E-state index contributed by atoms with van der Waals surface area (Å²) in [5.41, 5.74) is 0. The Balaban J connectivity index is 1.58. The normalized spacial score (nSPS) is 21.7. The summed E-state index contributed by atoms with van der Waals surface area (Å²) in [4.78, 5) is 16.4. The summed E-state index contributed by atoms with van der Waals surface area (Å²) >= 11 is 0.